The van der Waals surface area contributed by atoms with Crippen LogP contribution in [0, 0.1) is 5.41 Å². The molecule has 5 heteroatoms. The third kappa shape index (κ3) is 3.85. The minimum absolute atomic E-state index is 0.0634. The summed E-state index contributed by atoms with van der Waals surface area (Å²) in [6.45, 7) is 0.293. The minimum atomic E-state index is -4.09. The maximum atomic E-state index is 12.6. The van der Waals surface area contributed by atoms with Crippen molar-refractivity contribution >= 4 is 0 Å². The van der Waals surface area contributed by atoms with Gasteiger partial charge in [0.15, 0.2) is 0 Å². The molecular formula is C13H23F3N2. The lowest BCUT2D eigenvalue weighted by molar-refractivity contribution is -0.151. The van der Waals surface area contributed by atoms with Crippen LogP contribution in [0.4, 0.5) is 13.2 Å². The van der Waals surface area contributed by atoms with E-state index >= 15 is 0 Å². The molecule has 0 heterocycles. The van der Waals surface area contributed by atoms with E-state index in [1.54, 1.807) is 4.90 Å². The van der Waals surface area contributed by atoms with E-state index in [1.165, 1.54) is 6.42 Å². The zero-order chi connectivity index (χ0) is 13.2. The first-order valence-electron chi connectivity index (χ1n) is 6.95. The molecule has 0 unspecified atom stereocenters. The summed E-state index contributed by atoms with van der Waals surface area (Å²) < 4.78 is 37.8. The second-order valence-electron chi connectivity index (χ2n) is 6.02. The number of nitrogens with two attached hydrogens (primary N) is 1. The lowest BCUT2D eigenvalue weighted by atomic mass is 9.73. The average molecular weight is 264 g/mol. The summed E-state index contributed by atoms with van der Waals surface area (Å²) in [7, 11) is 0. The second-order valence-corrected chi connectivity index (χ2v) is 6.02. The van der Waals surface area contributed by atoms with Gasteiger partial charge in [0.05, 0.1) is 6.54 Å². The zero-order valence-electron chi connectivity index (χ0n) is 10.8. The minimum Gasteiger partial charge on any atom is -0.330 e. The molecular weight excluding hydrogens is 241 g/mol. The molecule has 0 aromatic rings. The van der Waals surface area contributed by atoms with Gasteiger partial charge in [0.2, 0.25) is 0 Å². The van der Waals surface area contributed by atoms with Crippen molar-refractivity contribution in [1.29, 1.82) is 0 Å². The Kier molecular flexibility index (Phi) is 4.22. The molecule has 106 valence electrons. The van der Waals surface area contributed by atoms with Crippen molar-refractivity contribution < 1.29 is 13.2 Å². The van der Waals surface area contributed by atoms with Gasteiger partial charge in [-0.15, -0.1) is 0 Å². The van der Waals surface area contributed by atoms with Gasteiger partial charge in [0, 0.05) is 12.6 Å². The molecule has 0 aromatic heterocycles. The number of hydrogen-bond acceptors (Lipinski definition) is 2. The zero-order valence-corrected chi connectivity index (χ0v) is 10.8. The van der Waals surface area contributed by atoms with Gasteiger partial charge in [0.1, 0.15) is 0 Å². The molecule has 0 aliphatic heterocycles. The molecule has 2 fully saturated rings. The average Bonchev–Trinajstić information content (AvgIpc) is 3.11. The Morgan fingerprint density at radius 1 is 1.11 bits per heavy atom. The molecule has 0 aromatic carbocycles. The van der Waals surface area contributed by atoms with Crippen LogP contribution < -0.4 is 5.73 Å². The van der Waals surface area contributed by atoms with Gasteiger partial charge >= 0.3 is 6.18 Å². The monoisotopic (exact) mass is 264 g/mol. The van der Waals surface area contributed by atoms with Gasteiger partial charge in [-0.1, -0.05) is 19.3 Å². The largest absolute Gasteiger partial charge is 0.401 e. The van der Waals surface area contributed by atoms with Gasteiger partial charge in [-0.3, -0.25) is 4.90 Å². The fraction of sp³-hybridized carbons (Fsp3) is 1.00. The van der Waals surface area contributed by atoms with E-state index in [1.807, 2.05) is 0 Å². The predicted molar refractivity (Wildman–Crippen MR) is 65.2 cm³/mol. The molecule has 2 rings (SSSR count). The maximum Gasteiger partial charge on any atom is 0.401 e. The number of rotatable bonds is 5. The van der Waals surface area contributed by atoms with E-state index in [-0.39, 0.29) is 11.5 Å². The van der Waals surface area contributed by atoms with Crippen molar-refractivity contribution in [1.82, 2.24) is 4.90 Å². The van der Waals surface area contributed by atoms with Gasteiger partial charge in [-0.05, 0) is 37.6 Å². The molecule has 2 nitrogen and oxygen atoms in total. The second kappa shape index (κ2) is 5.37. The van der Waals surface area contributed by atoms with Gasteiger partial charge in [0.25, 0.3) is 0 Å². The molecule has 2 aliphatic carbocycles. The van der Waals surface area contributed by atoms with E-state index < -0.39 is 12.7 Å². The fourth-order valence-electron chi connectivity index (χ4n) is 3.14. The number of alkyl halides is 3. The van der Waals surface area contributed by atoms with Crippen molar-refractivity contribution in [2.45, 2.75) is 57.2 Å². The third-order valence-electron chi connectivity index (χ3n) is 4.33. The van der Waals surface area contributed by atoms with Crippen LogP contribution in [-0.4, -0.2) is 36.8 Å². The molecule has 2 saturated carbocycles. The molecule has 0 radical (unpaired) electrons. The maximum absolute atomic E-state index is 12.6. The van der Waals surface area contributed by atoms with Gasteiger partial charge in [-0.25, -0.2) is 0 Å². The van der Waals surface area contributed by atoms with Crippen LogP contribution in [-0.2, 0) is 0 Å². The van der Waals surface area contributed by atoms with Gasteiger partial charge in [-0.2, -0.15) is 13.2 Å². The summed E-state index contributed by atoms with van der Waals surface area (Å²) in [4.78, 5) is 1.64. The molecule has 0 saturated heterocycles. The Bertz CT molecular complexity index is 268. The van der Waals surface area contributed by atoms with E-state index in [2.05, 4.69) is 0 Å². The van der Waals surface area contributed by atoms with E-state index in [4.69, 9.17) is 5.73 Å². The standard InChI is InChI=1S/C13H23F3N2/c14-13(15,16)10-18(11-4-5-11)9-12(8-17)6-2-1-3-7-12/h11H,1-10,17H2. The quantitative estimate of drug-likeness (QED) is 0.827. The highest BCUT2D eigenvalue weighted by atomic mass is 19.4. The first kappa shape index (κ1) is 14.1. The summed E-state index contributed by atoms with van der Waals surface area (Å²) in [5.41, 5.74) is 5.80. The van der Waals surface area contributed by atoms with Crippen LogP contribution in [0.5, 0.6) is 0 Å². The smallest absolute Gasteiger partial charge is 0.330 e. The Morgan fingerprint density at radius 2 is 1.72 bits per heavy atom. The van der Waals surface area contributed by atoms with Crippen molar-refractivity contribution in [2.75, 3.05) is 19.6 Å². The number of nitrogens with zero attached hydrogens (tertiary/aromatic N) is 1. The van der Waals surface area contributed by atoms with Crippen LogP contribution in [0.25, 0.3) is 0 Å². The SMILES string of the molecule is NCC1(CN(CC(F)(F)F)C2CC2)CCCCC1. The highest BCUT2D eigenvalue weighted by Gasteiger charge is 2.42. The van der Waals surface area contributed by atoms with Gasteiger partial charge < -0.3 is 5.73 Å². The Hall–Kier alpha value is -0.290. The summed E-state index contributed by atoms with van der Waals surface area (Å²) in [6.07, 6.45) is 3.14. The molecule has 0 amide bonds. The fourth-order valence-corrected chi connectivity index (χ4v) is 3.14. The lowest BCUT2D eigenvalue weighted by Gasteiger charge is -2.40. The summed E-state index contributed by atoms with van der Waals surface area (Å²) in [5, 5.41) is 0. The van der Waals surface area contributed by atoms with Crippen molar-refractivity contribution in [3.63, 3.8) is 0 Å². The van der Waals surface area contributed by atoms with Crippen molar-refractivity contribution in [3.8, 4) is 0 Å². The van der Waals surface area contributed by atoms with Crippen LogP contribution in [0.1, 0.15) is 44.9 Å². The summed E-state index contributed by atoms with van der Waals surface area (Å²) >= 11 is 0. The number of hydrogen-bond donors (Lipinski definition) is 1. The first-order valence-corrected chi connectivity index (χ1v) is 6.95. The van der Waals surface area contributed by atoms with E-state index in [9.17, 15) is 13.2 Å². The summed E-state index contributed by atoms with van der Waals surface area (Å²) in [5.74, 6) is 0. The number of halogens is 3. The lowest BCUT2D eigenvalue weighted by Crippen LogP contribution is -2.47. The summed E-state index contributed by atoms with van der Waals surface area (Å²) in [6, 6.07) is 0.150. The molecule has 0 spiro atoms. The molecule has 18 heavy (non-hydrogen) atoms. The van der Waals surface area contributed by atoms with E-state index in [0.29, 0.717) is 13.1 Å². The van der Waals surface area contributed by atoms with Crippen LogP contribution in [0.3, 0.4) is 0 Å². The van der Waals surface area contributed by atoms with Crippen molar-refractivity contribution in [2.24, 2.45) is 11.1 Å². The highest BCUT2D eigenvalue weighted by Crippen LogP contribution is 2.39. The molecule has 2 aliphatic rings. The normalized spacial score (nSPS) is 24.5. The predicted octanol–water partition coefficient (Wildman–Crippen LogP) is 2.92. The highest BCUT2D eigenvalue weighted by molar-refractivity contribution is 4.93. The van der Waals surface area contributed by atoms with Crippen LogP contribution in [0.15, 0.2) is 0 Å². The first-order chi connectivity index (χ1) is 8.44. The Labute approximate surface area is 107 Å². The Balaban J connectivity index is 1.98. The van der Waals surface area contributed by atoms with Crippen LogP contribution >= 0.6 is 0 Å². The molecule has 2 N–H and O–H groups in total. The Morgan fingerprint density at radius 3 is 2.17 bits per heavy atom. The van der Waals surface area contributed by atoms with Crippen LogP contribution in [0.2, 0.25) is 0 Å². The topological polar surface area (TPSA) is 29.3 Å². The van der Waals surface area contributed by atoms with E-state index in [0.717, 1.165) is 38.5 Å². The molecule has 0 bridgehead atoms. The van der Waals surface area contributed by atoms with Crippen molar-refractivity contribution in [3.05, 3.63) is 0 Å². The molecule has 0 atom stereocenters. The third-order valence-corrected chi connectivity index (χ3v) is 4.33.